The second-order valence-corrected chi connectivity index (χ2v) is 15.7. The summed E-state index contributed by atoms with van der Waals surface area (Å²) in [6.07, 6.45) is 17.0. The standard InChI is InChI=1S/C39H60O6/c1-25(2)11-9-10-12-26(3)31-15-16-32-30-14-13-28-23-29(17-19-38(28,4)33(30)18-20-39(31,32)5)45-37(40)44-24-27-21-34(41-6)36(43-8)35(22-27)42-7/h13,21-22,25-26,29-33H,9-12,14-20,23-24H2,1-8H3/t26-,29+,30-,31+,32-,33-,38+,39+/m1/s1. The van der Waals surface area contributed by atoms with Crippen LogP contribution in [0, 0.1) is 46.3 Å². The summed E-state index contributed by atoms with van der Waals surface area (Å²) in [5.74, 6) is 6.53. The molecule has 0 aromatic heterocycles. The van der Waals surface area contributed by atoms with Crippen LogP contribution in [-0.2, 0) is 16.1 Å². The third kappa shape index (κ3) is 6.86. The SMILES string of the molecule is COc1cc(COC(=O)O[C@H]2CC[C@@]3(C)C(=CC[C@@H]4[C@H]5CC[C@@H]([C@H](C)CCCCC(C)C)[C@]5(C)CC[C@H]43)C2)cc(OC)c1OC. The van der Waals surface area contributed by atoms with Gasteiger partial charge in [-0.05, 0) is 109 Å². The quantitative estimate of drug-likeness (QED) is 0.131. The van der Waals surface area contributed by atoms with Gasteiger partial charge >= 0.3 is 6.16 Å². The van der Waals surface area contributed by atoms with Crippen LogP contribution in [0.3, 0.4) is 0 Å². The summed E-state index contributed by atoms with van der Waals surface area (Å²) in [4.78, 5) is 12.8. The van der Waals surface area contributed by atoms with E-state index < -0.39 is 6.16 Å². The average Bonchev–Trinajstić information content (AvgIpc) is 3.38. The predicted octanol–water partition coefficient (Wildman–Crippen LogP) is 10.2. The van der Waals surface area contributed by atoms with Crippen LogP contribution in [0.5, 0.6) is 17.2 Å². The van der Waals surface area contributed by atoms with E-state index in [1.165, 1.54) is 63.4 Å². The van der Waals surface area contributed by atoms with Crippen LogP contribution in [0.25, 0.3) is 0 Å². The summed E-state index contributed by atoms with van der Waals surface area (Å²) >= 11 is 0. The normalized spacial score (nSPS) is 32.9. The van der Waals surface area contributed by atoms with Gasteiger partial charge in [0.05, 0.1) is 21.3 Å². The number of carbonyl (C=O) groups excluding carboxylic acids is 1. The second kappa shape index (κ2) is 14.2. The summed E-state index contributed by atoms with van der Waals surface area (Å²) in [6, 6.07) is 3.58. The number of ether oxygens (including phenoxy) is 5. The van der Waals surface area contributed by atoms with Gasteiger partial charge in [0.25, 0.3) is 0 Å². The Kier molecular flexibility index (Phi) is 10.7. The molecule has 252 valence electrons. The Morgan fingerprint density at radius 2 is 1.60 bits per heavy atom. The minimum Gasteiger partial charge on any atom is -0.493 e. The van der Waals surface area contributed by atoms with Gasteiger partial charge in [-0.15, -0.1) is 0 Å². The number of rotatable bonds is 12. The second-order valence-electron chi connectivity index (χ2n) is 15.7. The zero-order valence-corrected chi connectivity index (χ0v) is 29.4. The summed E-state index contributed by atoms with van der Waals surface area (Å²) < 4.78 is 27.7. The number of benzene rings is 1. The zero-order valence-electron chi connectivity index (χ0n) is 29.4. The van der Waals surface area contributed by atoms with Gasteiger partial charge in [0.15, 0.2) is 11.5 Å². The van der Waals surface area contributed by atoms with Crippen molar-refractivity contribution in [2.75, 3.05) is 21.3 Å². The highest BCUT2D eigenvalue weighted by Gasteiger charge is 2.59. The highest BCUT2D eigenvalue weighted by molar-refractivity contribution is 5.61. The van der Waals surface area contributed by atoms with Crippen LogP contribution in [0.4, 0.5) is 4.79 Å². The summed E-state index contributed by atoms with van der Waals surface area (Å²) in [5.41, 5.74) is 3.00. The van der Waals surface area contributed by atoms with Crippen molar-refractivity contribution in [1.29, 1.82) is 0 Å². The molecule has 3 fully saturated rings. The van der Waals surface area contributed by atoms with Crippen LogP contribution in [-0.4, -0.2) is 33.6 Å². The van der Waals surface area contributed by atoms with E-state index in [2.05, 4.69) is 40.7 Å². The van der Waals surface area contributed by atoms with Gasteiger partial charge in [-0.1, -0.05) is 72.0 Å². The van der Waals surface area contributed by atoms with Gasteiger partial charge in [-0.25, -0.2) is 4.79 Å². The van der Waals surface area contributed by atoms with Crippen molar-refractivity contribution in [2.24, 2.45) is 46.3 Å². The van der Waals surface area contributed by atoms with Gasteiger partial charge in [0.2, 0.25) is 5.75 Å². The van der Waals surface area contributed by atoms with Crippen molar-refractivity contribution in [1.82, 2.24) is 0 Å². The maximum Gasteiger partial charge on any atom is 0.508 e. The third-order valence-electron chi connectivity index (χ3n) is 12.9. The number of unbranched alkanes of at least 4 members (excludes halogenated alkanes) is 1. The number of hydrogen-bond acceptors (Lipinski definition) is 6. The predicted molar refractivity (Wildman–Crippen MR) is 179 cm³/mol. The number of hydrogen-bond donors (Lipinski definition) is 0. The molecule has 0 unspecified atom stereocenters. The van der Waals surface area contributed by atoms with Gasteiger partial charge in [0.1, 0.15) is 12.7 Å². The third-order valence-corrected chi connectivity index (χ3v) is 12.9. The first kappa shape index (κ1) is 34.0. The molecular weight excluding hydrogens is 564 g/mol. The minimum atomic E-state index is -0.615. The molecule has 0 radical (unpaired) electrons. The Morgan fingerprint density at radius 3 is 2.27 bits per heavy atom. The molecular formula is C39H60O6. The molecule has 4 aliphatic carbocycles. The van der Waals surface area contributed by atoms with Crippen molar-refractivity contribution >= 4 is 6.16 Å². The first-order valence-electron chi connectivity index (χ1n) is 17.9. The van der Waals surface area contributed by atoms with E-state index in [-0.39, 0.29) is 18.1 Å². The van der Waals surface area contributed by atoms with E-state index in [1.54, 1.807) is 33.5 Å². The molecule has 0 spiro atoms. The fraction of sp³-hybridized carbons (Fsp3) is 0.769. The fourth-order valence-corrected chi connectivity index (χ4v) is 10.5. The molecule has 0 N–H and O–H groups in total. The highest BCUT2D eigenvalue weighted by Crippen LogP contribution is 2.67. The maximum absolute atomic E-state index is 12.8. The molecule has 1 aromatic rings. The number of methoxy groups -OCH3 is 3. The van der Waals surface area contributed by atoms with Gasteiger partial charge in [-0.3, -0.25) is 0 Å². The molecule has 0 saturated heterocycles. The summed E-state index contributed by atoms with van der Waals surface area (Å²) in [7, 11) is 4.71. The Hall–Kier alpha value is -2.37. The Balaban J connectivity index is 1.17. The van der Waals surface area contributed by atoms with Crippen molar-refractivity contribution in [3.05, 3.63) is 29.3 Å². The van der Waals surface area contributed by atoms with E-state index in [1.807, 2.05) is 0 Å². The lowest BCUT2D eigenvalue weighted by Gasteiger charge is -2.58. The van der Waals surface area contributed by atoms with Crippen molar-refractivity contribution in [3.63, 3.8) is 0 Å². The van der Waals surface area contributed by atoms with E-state index >= 15 is 0 Å². The largest absolute Gasteiger partial charge is 0.508 e. The lowest BCUT2D eigenvalue weighted by atomic mass is 9.47. The zero-order chi connectivity index (χ0) is 32.4. The van der Waals surface area contributed by atoms with Crippen LogP contribution in [0.15, 0.2) is 23.8 Å². The van der Waals surface area contributed by atoms with E-state index in [4.69, 9.17) is 23.7 Å². The Bertz CT molecular complexity index is 1180. The Labute approximate surface area is 272 Å². The Morgan fingerprint density at radius 1 is 0.889 bits per heavy atom. The smallest absolute Gasteiger partial charge is 0.493 e. The summed E-state index contributed by atoms with van der Waals surface area (Å²) in [5, 5.41) is 0. The minimum absolute atomic E-state index is 0.0736. The van der Waals surface area contributed by atoms with Crippen molar-refractivity contribution in [2.45, 2.75) is 124 Å². The number of allylic oxidation sites excluding steroid dienone is 1. The fourth-order valence-electron chi connectivity index (χ4n) is 10.5. The molecule has 3 saturated carbocycles. The molecule has 6 heteroatoms. The van der Waals surface area contributed by atoms with Gasteiger partial charge < -0.3 is 23.7 Å². The molecule has 5 rings (SSSR count). The number of fused-ring (bicyclic) bond motifs is 5. The molecule has 8 atom stereocenters. The van der Waals surface area contributed by atoms with Crippen LogP contribution < -0.4 is 14.2 Å². The molecule has 1 aromatic carbocycles. The van der Waals surface area contributed by atoms with Crippen LogP contribution in [0.1, 0.15) is 117 Å². The first-order chi connectivity index (χ1) is 21.5. The van der Waals surface area contributed by atoms with Crippen LogP contribution in [0.2, 0.25) is 0 Å². The topological polar surface area (TPSA) is 63.2 Å². The van der Waals surface area contributed by atoms with E-state index in [9.17, 15) is 4.79 Å². The van der Waals surface area contributed by atoms with Crippen LogP contribution >= 0.6 is 0 Å². The summed E-state index contributed by atoms with van der Waals surface area (Å²) in [6.45, 7) is 12.5. The van der Waals surface area contributed by atoms with Gasteiger partial charge in [-0.2, -0.15) is 0 Å². The maximum atomic E-state index is 12.8. The molecule has 45 heavy (non-hydrogen) atoms. The molecule has 6 nitrogen and oxygen atoms in total. The average molecular weight is 625 g/mol. The van der Waals surface area contributed by atoms with Gasteiger partial charge in [0, 0.05) is 6.42 Å². The molecule has 0 amide bonds. The van der Waals surface area contributed by atoms with Crippen molar-refractivity contribution in [3.8, 4) is 17.2 Å². The highest BCUT2D eigenvalue weighted by atomic mass is 16.7. The lowest BCUT2D eigenvalue weighted by Crippen LogP contribution is -2.51. The molecule has 0 bridgehead atoms. The van der Waals surface area contributed by atoms with Crippen molar-refractivity contribution < 1.29 is 28.5 Å². The first-order valence-corrected chi connectivity index (χ1v) is 17.9. The van der Waals surface area contributed by atoms with E-state index in [0.717, 1.165) is 60.3 Å². The number of carbonyl (C=O) groups is 1. The lowest BCUT2D eigenvalue weighted by molar-refractivity contribution is -0.0620. The monoisotopic (exact) mass is 624 g/mol. The molecule has 0 aliphatic heterocycles. The molecule has 4 aliphatic rings. The van der Waals surface area contributed by atoms with E-state index in [0.29, 0.717) is 22.7 Å². The molecule has 0 heterocycles.